The Balaban J connectivity index is 0.762. The van der Waals surface area contributed by atoms with Crippen molar-refractivity contribution in [1.82, 2.24) is 4.57 Å². The number of para-hydroxylation sites is 1. The fourth-order valence-corrected chi connectivity index (χ4v) is 12.6. The number of hydrogen-bond donors (Lipinski definition) is 0. The van der Waals surface area contributed by atoms with E-state index in [1.165, 1.54) is 72.1 Å². The van der Waals surface area contributed by atoms with Crippen LogP contribution in [0.25, 0.3) is 55.3 Å². The number of nitrogens with zero attached hydrogens (tertiary/aromatic N) is 2. The molecule has 0 radical (unpaired) electrons. The molecule has 3 unspecified atom stereocenters. The number of allylic oxidation sites excluding steroid dienone is 2. The number of fused-ring (bicyclic) bond motifs is 7. The maximum Gasteiger partial charge on any atom is 0.125 e. The topological polar surface area (TPSA) is 45.1 Å². The summed E-state index contributed by atoms with van der Waals surface area (Å²) in [5.74, 6) is 1.46. The van der Waals surface area contributed by atoms with Gasteiger partial charge in [0.25, 0.3) is 0 Å². The summed E-state index contributed by atoms with van der Waals surface area (Å²) in [6, 6.07) is 76.9. The molecule has 0 bridgehead atoms. The molecule has 0 aliphatic heterocycles. The fraction of sp³-hybridized carbons (Fsp3) is 0.183. The SMILES string of the molecule is CC1(C)C2=C(C=CC(N(c3ccc(-c4ccccc4)cc3)c3ccc(-c4ccc5c(c4)c4ccccc4n5-c4cc(OCCOC5Cc6ccccc65)cc(OCCOC5Cc6ccccc65)c4)cc3)C2)c2ccccc21. The molecule has 0 amide bonds. The minimum atomic E-state index is -0.0484. The largest absolute Gasteiger partial charge is 0.491 e. The molecule has 1 aromatic heterocycles. The second-order valence-corrected chi connectivity index (χ2v) is 21.5. The predicted molar refractivity (Wildman–Crippen MR) is 313 cm³/mol. The lowest BCUT2D eigenvalue weighted by Crippen LogP contribution is -2.33. The minimum Gasteiger partial charge on any atom is -0.491 e. The van der Waals surface area contributed by atoms with E-state index in [9.17, 15) is 0 Å². The van der Waals surface area contributed by atoms with Crippen molar-refractivity contribution in [2.24, 2.45) is 0 Å². The predicted octanol–water partition coefficient (Wildman–Crippen LogP) is 16.7. The number of aromatic nitrogens is 1. The van der Waals surface area contributed by atoms with Gasteiger partial charge in [-0.2, -0.15) is 0 Å². The lowest BCUT2D eigenvalue weighted by atomic mass is 9.77. The Labute approximate surface area is 451 Å². The summed E-state index contributed by atoms with van der Waals surface area (Å²) in [5, 5.41) is 2.36. The standard InChI is InChI=1S/C71H60N2O4/c1-71(2)65-22-12-10-20-61(65)62-34-33-55(45-66(62)71)72(53-29-24-48(25-30-53)47-14-4-3-5-15-47)54-31-26-49(27-32-54)50-28-35-68-64(40-50)63-21-11-13-23-67(63)73(68)56-43-57(74-36-38-76-69-41-51-16-6-8-18-59(51)69)46-58(44-56)75-37-39-77-70-42-52-17-7-9-19-60(52)70/h3-35,40,43-44,46,55,69-70H,36-39,41-42,45H2,1-2H3. The molecule has 4 aliphatic carbocycles. The molecule has 9 aromatic carbocycles. The van der Waals surface area contributed by atoms with Crippen molar-refractivity contribution in [3.05, 3.63) is 263 Å². The molecular formula is C71H60N2O4. The average Bonchev–Trinajstić information content (AvgIpc) is 3.91. The van der Waals surface area contributed by atoms with Gasteiger partial charge in [-0.15, -0.1) is 0 Å². The zero-order valence-corrected chi connectivity index (χ0v) is 43.6. The molecule has 77 heavy (non-hydrogen) atoms. The Morgan fingerprint density at radius 3 is 1.69 bits per heavy atom. The van der Waals surface area contributed by atoms with Gasteiger partial charge in [-0.25, -0.2) is 0 Å². The van der Waals surface area contributed by atoms with Crippen molar-refractivity contribution < 1.29 is 18.9 Å². The molecule has 6 heteroatoms. The Hall–Kier alpha value is -8.42. The molecule has 0 saturated carbocycles. The highest BCUT2D eigenvalue weighted by Gasteiger charge is 2.40. The van der Waals surface area contributed by atoms with Crippen molar-refractivity contribution in [3.63, 3.8) is 0 Å². The Kier molecular flexibility index (Phi) is 12.0. The van der Waals surface area contributed by atoms with Gasteiger partial charge in [0.1, 0.15) is 24.7 Å². The molecule has 0 spiro atoms. The first kappa shape index (κ1) is 47.1. The summed E-state index contributed by atoms with van der Waals surface area (Å²) in [6.45, 7) is 6.60. The van der Waals surface area contributed by atoms with Crippen LogP contribution in [0, 0.1) is 0 Å². The van der Waals surface area contributed by atoms with Gasteiger partial charge in [-0.05, 0) is 116 Å². The van der Waals surface area contributed by atoms with Gasteiger partial charge in [-0.3, -0.25) is 0 Å². The van der Waals surface area contributed by atoms with Crippen LogP contribution in [0.5, 0.6) is 11.5 Å². The summed E-state index contributed by atoms with van der Waals surface area (Å²) >= 11 is 0. The monoisotopic (exact) mass is 1000 g/mol. The minimum absolute atomic E-state index is 0.0484. The molecule has 3 atom stereocenters. The van der Waals surface area contributed by atoms with Gasteiger partial charge in [0.15, 0.2) is 0 Å². The third-order valence-electron chi connectivity index (χ3n) is 16.7. The number of anilines is 2. The first-order valence-corrected chi connectivity index (χ1v) is 27.3. The van der Waals surface area contributed by atoms with Crippen molar-refractivity contribution in [3.8, 4) is 39.4 Å². The molecule has 6 nitrogen and oxygen atoms in total. The summed E-state index contributed by atoms with van der Waals surface area (Å²) < 4.78 is 27.9. The highest BCUT2D eigenvalue weighted by molar-refractivity contribution is 6.10. The summed E-state index contributed by atoms with van der Waals surface area (Å²) in [4.78, 5) is 2.53. The summed E-state index contributed by atoms with van der Waals surface area (Å²) in [5.41, 5.74) is 21.2. The number of rotatable bonds is 16. The van der Waals surface area contributed by atoms with E-state index < -0.39 is 0 Å². The van der Waals surface area contributed by atoms with E-state index in [1.54, 1.807) is 0 Å². The highest BCUT2D eigenvalue weighted by atomic mass is 16.5. The van der Waals surface area contributed by atoms with Gasteiger partial charge in [0, 0.05) is 58.6 Å². The Morgan fingerprint density at radius 2 is 1.03 bits per heavy atom. The zero-order valence-electron chi connectivity index (χ0n) is 43.6. The second-order valence-electron chi connectivity index (χ2n) is 21.5. The van der Waals surface area contributed by atoms with Gasteiger partial charge < -0.3 is 28.4 Å². The van der Waals surface area contributed by atoms with Crippen LogP contribution in [0.4, 0.5) is 11.4 Å². The van der Waals surface area contributed by atoms with Crippen LogP contribution >= 0.6 is 0 Å². The van der Waals surface area contributed by atoms with Crippen molar-refractivity contribution in [1.29, 1.82) is 0 Å². The van der Waals surface area contributed by atoms with Gasteiger partial charge in [-0.1, -0.05) is 178 Å². The van der Waals surface area contributed by atoms with Gasteiger partial charge in [0.2, 0.25) is 0 Å². The van der Waals surface area contributed by atoms with E-state index in [1.807, 2.05) is 6.07 Å². The number of ether oxygens (including phenoxy) is 4. The van der Waals surface area contributed by atoms with Crippen LogP contribution in [0.1, 0.15) is 65.9 Å². The molecule has 378 valence electrons. The third-order valence-corrected chi connectivity index (χ3v) is 16.7. The highest BCUT2D eigenvalue weighted by Crippen LogP contribution is 2.51. The van der Waals surface area contributed by atoms with E-state index >= 15 is 0 Å². The van der Waals surface area contributed by atoms with E-state index in [2.05, 4.69) is 242 Å². The van der Waals surface area contributed by atoms with Crippen LogP contribution in [0.15, 0.2) is 230 Å². The normalized spacial score (nSPS) is 17.5. The fourth-order valence-electron chi connectivity index (χ4n) is 12.6. The van der Waals surface area contributed by atoms with Crippen LogP contribution in [0.2, 0.25) is 0 Å². The zero-order chi connectivity index (χ0) is 51.5. The van der Waals surface area contributed by atoms with Gasteiger partial charge in [0.05, 0.1) is 48.2 Å². The first-order valence-electron chi connectivity index (χ1n) is 27.3. The molecule has 14 rings (SSSR count). The van der Waals surface area contributed by atoms with Crippen molar-refractivity contribution in [2.45, 2.75) is 56.8 Å². The summed E-state index contributed by atoms with van der Waals surface area (Å²) in [6.07, 6.45) is 7.86. The van der Waals surface area contributed by atoms with Crippen LogP contribution < -0.4 is 14.4 Å². The first-order chi connectivity index (χ1) is 37.9. The maximum absolute atomic E-state index is 6.50. The van der Waals surface area contributed by atoms with E-state index in [-0.39, 0.29) is 23.7 Å². The second kappa shape index (κ2) is 19.6. The van der Waals surface area contributed by atoms with E-state index in [0.29, 0.717) is 26.4 Å². The summed E-state index contributed by atoms with van der Waals surface area (Å²) in [7, 11) is 0. The van der Waals surface area contributed by atoms with Crippen LogP contribution in [-0.4, -0.2) is 37.0 Å². The van der Waals surface area contributed by atoms with Crippen LogP contribution in [0.3, 0.4) is 0 Å². The molecule has 0 fully saturated rings. The van der Waals surface area contributed by atoms with Crippen molar-refractivity contribution >= 4 is 38.8 Å². The lowest BCUT2D eigenvalue weighted by molar-refractivity contribution is 0.0184. The Morgan fingerprint density at radius 1 is 0.481 bits per heavy atom. The van der Waals surface area contributed by atoms with Crippen LogP contribution in [-0.2, 0) is 27.7 Å². The maximum atomic E-state index is 6.50. The van der Waals surface area contributed by atoms with E-state index in [4.69, 9.17) is 18.9 Å². The smallest absolute Gasteiger partial charge is 0.125 e. The molecule has 0 saturated heterocycles. The van der Waals surface area contributed by atoms with Crippen molar-refractivity contribution in [2.75, 3.05) is 31.3 Å². The molecule has 4 aliphatic rings. The molecular weight excluding hydrogens is 945 g/mol. The van der Waals surface area contributed by atoms with Gasteiger partial charge >= 0.3 is 0 Å². The quantitative estimate of drug-likeness (QED) is 0.0903. The molecule has 0 N–H and O–H groups in total. The average molecular weight is 1010 g/mol. The molecule has 10 aromatic rings. The number of hydrogen-bond acceptors (Lipinski definition) is 5. The molecule has 1 heterocycles. The third kappa shape index (κ3) is 8.62. The Bertz CT molecular complexity index is 3830. The number of benzene rings is 9. The van der Waals surface area contributed by atoms with E-state index in [0.717, 1.165) is 64.3 Å². The lowest BCUT2D eigenvalue weighted by Gasteiger charge is -2.37.